The highest BCUT2D eigenvalue weighted by atomic mass is 16.3. The number of amides is 3. The second kappa shape index (κ2) is 8.15. The van der Waals surface area contributed by atoms with E-state index in [1.54, 1.807) is 21.9 Å². The van der Waals surface area contributed by atoms with Crippen LogP contribution in [-0.2, 0) is 9.59 Å². The van der Waals surface area contributed by atoms with E-state index in [1.807, 2.05) is 4.90 Å². The van der Waals surface area contributed by atoms with Crippen LogP contribution in [-0.4, -0.2) is 96.7 Å². The molecule has 0 radical (unpaired) electrons. The van der Waals surface area contributed by atoms with Gasteiger partial charge in [0, 0.05) is 65.3 Å². The van der Waals surface area contributed by atoms with E-state index in [9.17, 15) is 14.4 Å². The molecule has 2 saturated heterocycles. The minimum absolute atomic E-state index is 0.0752. The molecule has 136 valence electrons. The number of carbonyl (C=O) groups excluding carboxylic acids is 3. The van der Waals surface area contributed by atoms with Gasteiger partial charge in [-0.2, -0.15) is 0 Å². The first-order valence-electron chi connectivity index (χ1n) is 8.69. The topological polar surface area (TPSA) is 77.3 Å². The summed E-state index contributed by atoms with van der Waals surface area (Å²) in [7, 11) is 0. The Bertz CT molecular complexity index is 588. The molecule has 0 bridgehead atoms. The normalized spacial score (nSPS) is 19.1. The molecule has 8 heteroatoms. The second-order valence-corrected chi connectivity index (χ2v) is 6.38. The summed E-state index contributed by atoms with van der Waals surface area (Å²) < 4.78 is 5.16. The lowest BCUT2D eigenvalue weighted by atomic mass is 10.2. The first-order valence-corrected chi connectivity index (χ1v) is 8.69. The van der Waals surface area contributed by atoms with Crippen molar-refractivity contribution < 1.29 is 18.8 Å². The van der Waals surface area contributed by atoms with Gasteiger partial charge in [-0.05, 0) is 12.1 Å². The van der Waals surface area contributed by atoms with Crippen molar-refractivity contribution in [3.8, 4) is 0 Å². The predicted octanol–water partition coefficient (Wildman–Crippen LogP) is -0.272. The third kappa shape index (κ3) is 4.39. The lowest BCUT2D eigenvalue weighted by Gasteiger charge is -2.35. The molecule has 8 nitrogen and oxygen atoms in total. The van der Waals surface area contributed by atoms with Crippen molar-refractivity contribution in [3.63, 3.8) is 0 Å². The zero-order valence-corrected chi connectivity index (χ0v) is 14.3. The maximum Gasteiger partial charge on any atom is 0.289 e. The molecule has 2 fully saturated rings. The third-order valence-corrected chi connectivity index (χ3v) is 4.85. The molecule has 0 atom stereocenters. The molecule has 0 saturated carbocycles. The number of piperazine rings is 2. The van der Waals surface area contributed by atoms with Crippen LogP contribution in [0.2, 0.25) is 0 Å². The van der Waals surface area contributed by atoms with Crippen LogP contribution >= 0.6 is 0 Å². The number of hydrogen-bond donors (Lipinski definition) is 0. The van der Waals surface area contributed by atoms with Crippen molar-refractivity contribution in [2.24, 2.45) is 0 Å². The largest absolute Gasteiger partial charge is 0.459 e. The summed E-state index contributed by atoms with van der Waals surface area (Å²) in [5.41, 5.74) is 0. The summed E-state index contributed by atoms with van der Waals surface area (Å²) >= 11 is 0. The Morgan fingerprint density at radius 3 is 2.28 bits per heavy atom. The molecule has 25 heavy (non-hydrogen) atoms. The van der Waals surface area contributed by atoms with E-state index in [2.05, 4.69) is 4.90 Å². The van der Waals surface area contributed by atoms with Crippen LogP contribution in [0.3, 0.4) is 0 Å². The van der Waals surface area contributed by atoms with Crippen LogP contribution in [0.25, 0.3) is 0 Å². The van der Waals surface area contributed by atoms with E-state index in [0.717, 1.165) is 19.5 Å². The Balaban J connectivity index is 1.37. The molecular weight excluding hydrogens is 324 g/mol. The van der Waals surface area contributed by atoms with Crippen molar-refractivity contribution in [1.82, 2.24) is 19.6 Å². The predicted molar refractivity (Wildman–Crippen MR) is 89.9 cm³/mol. The minimum Gasteiger partial charge on any atom is -0.459 e. The van der Waals surface area contributed by atoms with E-state index in [1.165, 1.54) is 6.26 Å². The summed E-state index contributed by atoms with van der Waals surface area (Å²) in [6.45, 7) is 5.97. The molecule has 3 amide bonds. The zero-order valence-electron chi connectivity index (χ0n) is 14.3. The Morgan fingerprint density at radius 2 is 1.68 bits per heavy atom. The fourth-order valence-corrected chi connectivity index (χ4v) is 3.22. The second-order valence-electron chi connectivity index (χ2n) is 6.38. The van der Waals surface area contributed by atoms with Crippen LogP contribution in [0, 0.1) is 0 Å². The van der Waals surface area contributed by atoms with E-state index < -0.39 is 0 Å². The molecule has 2 aliphatic heterocycles. The van der Waals surface area contributed by atoms with Crippen LogP contribution < -0.4 is 0 Å². The van der Waals surface area contributed by atoms with E-state index in [4.69, 9.17) is 4.42 Å². The van der Waals surface area contributed by atoms with E-state index in [-0.39, 0.29) is 11.8 Å². The van der Waals surface area contributed by atoms with Crippen LogP contribution in [0.1, 0.15) is 17.0 Å². The average molecular weight is 348 g/mol. The molecule has 0 spiro atoms. The summed E-state index contributed by atoms with van der Waals surface area (Å²) in [5, 5.41) is 0. The smallest absolute Gasteiger partial charge is 0.289 e. The number of carbonyl (C=O) groups is 3. The number of hydrogen-bond acceptors (Lipinski definition) is 5. The van der Waals surface area contributed by atoms with Gasteiger partial charge in [0.25, 0.3) is 5.91 Å². The van der Waals surface area contributed by atoms with Gasteiger partial charge in [0.15, 0.2) is 5.76 Å². The molecular formula is C17H24N4O4. The van der Waals surface area contributed by atoms with Gasteiger partial charge in [0.2, 0.25) is 12.3 Å². The standard InChI is InChI=1S/C17H24N4O4/c22-14-19-7-9-20(10-8-19)16(23)3-4-18-5-11-21(12-6-18)17(24)15-2-1-13-25-15/h1-2,13-14H,3-12H2. The zero-order chi connectivity index (χ0) is 17.6. The maximum atomic E-state index is 12.3. The van der Waals surface area contributed by atoms with Crippen LogP contribution in [0.4, 0.5) is 0 Å². The molecule has 0 unspecified atom stereocenters. The first kappa shape index (κ1) is 17.5. The summed E-state index contributed by atoms with van der Waals surface area (Å²) in [6.07, 6.45) is 2.82. The highest BCUT2D eigenvalue weighted by molar-refractivity contribution is 5.91. The SMILES string of the molecule is O=CN1CCN(C(=O)CCN2CCN(C(=O)c3ccco3)CC2)CC1. The minimum atomic E-state index is -0.0752. The molecule has 1 aromatic rings. The van der Waals surface area contributed by atoms with Gasteiger partial charge in [-0.25, -0.2) is 0 Å². The van der Waals surface area contributed by atoms with Gasteiger partial charge in [-0.1, -0.05) is 0 Å². The molecule has 0 aromatic carbocycles. The molecule has 2 aliphatic rings. The Labute approximate surface area is 146 Å². The summed E-state index contributed by atoms with van der Waals surface area (Å²) in [4.78, 5) is 42.7. The Kier molecular flexibility index (Phi) is 5.70. The number of rotatable bonds is 5. The van der Waals surface area contributed by atoms with Gasteiger partial charge in [0.05, 0.1) is 6.26 Å². The van der Waals surface area contributed by atoms with Crippen molar-refractivity contribution in [3.05, 3.63) is 24.2 Å². The lowest BCUT2D eigenvalue weighted by molar-refractivity contribution is -0.135. The van der Waals surface area contributed by atoms with Gasteiger partial charge in [-0.15, -0.1) is 0 Å². The lowest BCUT2D eigenvalue weighted by Crippen LogP contribution is -2.51. The summed E-state index contributed by atoms with van der Waals surface area (Å²) in [6, 6.07) is 3.39. The highest BCUT2D eigenvalue weighted by Gasteiger charge is 2.25. The third-order valence-electron chi connectivity index (χ3n) is 4.85. The van der Waals surface area contributed by atoms with E-state index >= 15 is 0 Å². The fraction of sp³-hybridized carbons (Fsp3) is 0.588. The van der Waals surface area contributed by atoms with Gasteiger partial charge in [0.1, 0.15) is 0 Å². The van der Waals surface area contributed by atoms with Gasteiger partial charge < -0.3 is 19.1 Å². The molecule has 3 rings (SSSR count). The van der Waals surface area contributed by atoms with Crippen molar-refractivity contribution >= 4 is 18.2 Å². The summed E-state index contributed by atoms with van der Waals surface area (Å²) in [5.74, 6) is 0.437. The van der Waals surface area contributed by atoms with Gasteiger partial charge >= 0.3 is 0 Å². The first-order chi connectivity index (χ1) is 12.2. The quantitative estimate of drug-likeness (QED) is 0.685. The molecule has 0 N–H and O–H groups in total. The molecule has 0 aliphatic carbocycles. The van der Waals surface area contributed by atoms with E-state index in [0.29, 0.717) is 58.0 Å². The molecule has 3 heterocycles. The Hall–Kier alpha value is -2.35. The van der Waals surface area contributed by atoms with Crippen molar-refractivity contribution in [2.45, 2.75) is 6.42 Å². The fourth-order valence-electron chi connectivity index (χ4n) is 3.22. The van der Waals surface area contributed by atoms with Crippen molar-refractivity contribution in [2.75, 3.05) is 58.9 Å². The monoisotopic (exact) mass is 348 g/mol. The maximum absolute atomic E-state index is 12.3. The van der Waals surface area contributed by atoms with Crippen LogP contribution in [0.15, 0.2) is 22.8 Å². The Morgan fingerprint density at radius 1 is 1.00 bits per heavy atom. The number of furan rings is 1. The van der Waals surface area contributed by atoms with Crippen LogP contribution in [0.5, 0.6) is 0 Å². The number of nitrogens with zero attached hydrogens (tertiary/aromatic N) is 4. The average Bonchev–Trinajstić information content (AvgIpc) is 3.21. The van der Waals surface area contributed by atoms with Crippen molar-refractivity contribution in [1.29, 1.82) is 0 Å². The highest BCUT2D eigenvalue weighted by Crippen LogP contribution is 2.10. The molecule has 1 aromatic heterocycles. The van der Waals surface area contributed by atoms with Gasteiger partial charge in [-0.3, -0.25) is 19.3 Å².